The smallest absolute Gasteiger partial charge is 0.356 e. The molecule has 0 amide bonds. The maximum Gasteiger partial charge on any atom is 0.433 e. The van der Waals surface area contributed by atoms with Crippen molar-refractivity contribution in [2.75, 3.05) is 54.0 Å². The molecule has 0 N–H and O–H groups in total. The first-order chi connectivity index (χ1) is 13.0. The second kappa shape index (κ2) is 7.21. The molecule has 0 atom stereocenters. The fourth-order valence-corrected chi connectivity index (χ4v) is 3.51. The standard InChI is InChI=1S/C18H21F3N6/c19-18(20,21)14-4-3-5-15(23-14)26-10-12-27(13-11-26)17-22-7-6-16(24-17)25-8-1-2-9-25/h3-7H,1-2,8-13H2. The number of aromatic nitrogens is 3. The molecule has 2 saturated heterocycles. The molecular formula is C18H21F3N6. The number of anilines is 3. The molecule has 4 heterocycles. The number of nitrogens with zero attached hydrogens (tertiary/aromatic N) is 6. The summed E-state index contributed by atoms with van der Waals surface area (Å²) in [6.45, 7) is 4.47. The normalized spacial score (nSPS) is 18.3. The number of hydrogen-bond acceptors (Lipinski definition) is 6. The molecule has 9 heteroatoms. The second-order valence-corrected chi connectivity index (χ2v) is 6.76. The third kappa shape index (κ3) is 3.91. The Balaban J connectivity index is 1.43. The van der Waals surface area contributed by atoms with E-state index in [0.29, 0.717) is 37.9 Å². The molecule has 0 saturated carbocycles. The molecule has 0 bridgehead atoms. The summed E-state index contributed by atoms with van der Waals surface area (Å²) in [4.78, 5) is 19.0. The van der Waals surface area contributed by atoms with E-state index in [1.54, 1.807) is 12.3 Å². The van der Waals surface area contributed by atoms with Crippen LogP contribution in [0, 0.1) is 0 Å². The number of alkyl halides is 3. The number of pyridine rings is 1. The van der Waals surface area contributed by atoms with Gasteiger partial charge in [-0.1, -0.05) is 6.07 Å². The molecule has 0 aliphatic carbocycles. The lowest BCUT2D eigenvalue weighted by Gasteiger charge is -2.35. The van der Waals surface area contributed by atoms with Gasteiger partial charge in [0.2, 0.25) is 5.95 Å². The van der Waals surface area contributed by atoms with Crippen molar-refractivity contribution in [3.05, 3.63) is 36.2 Å². The fraction of sp³-hybridized carbons (Fsp3) is 0.500. The first kappa shape index (κ1) is 17.8. The number of rotatable bonds is 3. The zero-order chi connectivity index (χ0) is 18.9. The van der Waals surface area contributed by atoms with Gasteiger partial charge in [-0.25, -0.2) is 9.97 Å². The van der Waals surface area contributed by atoms with Crippen LogP contribution in [-0.2, 0) is 6.18 Å². The van der Waals surface area contributed by atoms with Crippen molar-refractivity contribution in [1.29, 1.82) is 0 Å². The molecule has 2 aliphatic heterocycles. The van der Waals surface area contributed by atoms with Crippen LogP contribution in [0.3, 0.4) is 0 Å². The van der Waals surface area contributed by atoms with Gasteiger partial charge < -0.3 is 14.7 Å². The summed E-state index contributed by atoms with van der Waals surface area (Å²) in [6, 6.07) is 5.95. The molecule has 0 unspecified atom stereocenters. The molecule has 2 aromatic rings. The van der Waals surface area contributed by atoms with Crippen LogP contribution >= 0.6 is 0 Å². The van der Waals surface area contributed by atoms with Crippen molar-refractivity contribution in [1.82, 2.24) is 15.0 Å². The Morgan fingerprint density at radius 2 is 1.37 bits per heavy atom. The van der Waals surface area contributed by atoms with Crippen LogP contribution < -0.4 is 14.7 Å². The summed E-state index contributed by atoms with van der Waals surface area (Å²) in [7, 11) is 0. The van der Waals surface area contributed by atoms with Crippen LogP contribution in [0.1, 0.15) is 18.5 Å². The highest BCUT2D eigenvalue weighted by Gasteiger charge is 2.33. The fourth-order valence-electron chi connectivity index (χ4n) is 3.51. The van der Waals surface area contributed by atoms with E-state index in [-0.39, 0.29) is 0 Å². The van der Waals surface area contributed by atoms with E-state index < -0.39 is 11.9 Å². The summed E-state index contributed by atoms with van der Waals surface area (Å²) in [5.41, 5.74) is -0.857. The maximum atomic E-state index is 12.9. The van der Waals surface area contributed by atoms with Gasteiger partial charge in [0.1, 0.15) is 17.3 Å². The summed E-state index contributed by atoms with van der Waals surface area (Å²) in [5, 5.41) is 0. The van der Waals surface area contributed by atoms with Gasteiger partial charge in [0.25, 0.3) is 0 Å². The minimum Gasteiger partial charge on any atom is -0.356 e. The minimum absolute atomic E-state index is 0.358. The molecule has 2 aliphatic rings. The average Bonchev–Trinajstić information content (AvgIpc) is 3.23. The van der Waals surface area contributed by atoms with Gasteiger partial charge in [-0.2, -0.15) is 18.2 Å². The lowest BCUT2D eigenvalue weighted by atomic mass is 10.3. The van der Waals surface area contributed by atoms with Crippen molar-refractivity contribution in [3.8, 4) is 0 Å². The van der Waals surface area contributed by atoms with Crippen LogP contribution in [-0.4, -0.2) is 54.2 Å². The van der Waals surface area contributed by atoms with Crippen LogP contribution in [0.5, 0.6) is 0 Å². The predicted molar refractivity (Wildman–Crippen MR) is 97.1 cm³/mol. The molecule has 2 aromatic heterocycles. The zero-order valence-corrected chi connectivity index (χ0v) is 14.9. The van der Waals surface area contributed by atoms with Gasteiger partial charge in [-0.3, -0.25) is 0 Å². The van der Waals surface area contributed by atoms with Gasteiger partial charge in [0, 0.05) is 45.5 Å². The van der Waals surface area contributed by atoms with Crippen molar-refractivity contribution in [2.45, 2.75) is 19.0 Å². The Kier molecular flexibility index (Phi) is 4.75. The monoisotopic (exact) mass is 378 g/mol. The molecule has 27 heavy (non-hydrogen) atoms. The topological polar surface area (TPSA) is 48.4 Å². The van der Waals surface area contributed by atoms with Gasteiger partial charge in [0.05, 0.1) is 0 Å². The molecule has 4 rings (SSSR count). The van der Waals surface area contributed by atoms with Crippen LogP contribution in [0.25, 0.3) is 0 Å². The Bertz CT molecular complexity index is 783. The molecule has 144 valence electrons. The second-order valence-electron chi connectivity index (χ2n) is 6.76. The summed E-state index contributed by atoms with van der Waals surface area (Å²) in [5.74, 6) is 1.98. The first-order valence-corrected chi connectivity index (χ1v) is 9.13. The maximum absolute atomic E-state index is 12.9. The van der Waals surface area contributed by atoms with E-state index >= 15 is 0 Å². The van der Waals surface area contributed by atoms with E-state index in [1.165, 1.54) is 18.9 Å². The van der Waals surface area contributed by atoms with E-state index in [2.05, 4.69) is 24.8 Å². The van der Waals surface area contributed by atoms with Crippen molar-refractivity contribution in [3.63, 3.8) is 0 Å². The lowest BCUT2D eigenvalue weighted by Crippen LogP contribution is -2.47. The Morgan fingerprint density at radius 3 is 2.07 bits per heavy atom. The van der Waals surface area contributed by atoms with Crippen LogP contribution in [0.15, 0.2) is 30.5 Å². The number of halogens is 3. The number of hydrogen-bond donors (Lipinski definition) is 0. The van der Waals surface area contributed by atoms with Crippen molar-refractivity contribution < 1.29 is 13.2 Å². The molecule has 0 radical (unpaired) electrons. The van der Waals surface area contributed by atoms with Crippen molar-refractivity contribution >= 4 is 17.6 Å². The van der Waals surface area contributed by atoms with Crippen LogP contribution in [0.4, 0.5) is 30.8 Å². The van der Waals surface area contributed by atoms with Gasteiger partial charge in [-0.05, 0) is 31.0 Å². The molecule has 0 spiro atoms. The molecular weight excluding hydrogens is 357 g/mol. The van der Waals surface area contributed by atoms with E-state index in [9.17, 15) is 13.2 Å². The van der Waals surface area contributed by atoms with Gasteiger partial charge in [-0.15, -0.1) is 0 Å². The molecule has 0 aromatic carbocycles. The Hall–Kier alpha value is -2.58. The minimum atomic E-state index is -4.43. The lowest BCUT2D eigenvalue weighted by molar-refractivity contribution is -0.141. The highest BCUT2D eigenvalue weighted by molar-refractivity contribution is 5.47. The van der Waals surface area contributed by atoms with Gasteiger partial charge >= 0.3 is 6.18 Å². The number of piperazine rings is 1. The summed E-state index contributed by atoms with van der Waals surface area (Å²) < 4.78 is 38.6. The van der Waals surface area contributed by atoms with E-state index in [0.717, 1.165) is 25.0 Å². The molecule has 6 nitrogen and oxygen atoms in total. The predicted octanol–water partition coefficient (Wildman–Crippen LogP) is 2.82. The largest absolute Gasteiger partial charge is 0.433 e. The summed E-state index contributed by atoms with van der Waals surface area (Å²) in [6.07, 6.45) is -0.289. The Morgan fingerprint density at radius 1 is 0.741 bits per heavy atom. The summed E-state index contributed by atoms with van der Waals surface area (Å²) >= 11 is 0. The Labute approximate surface area is 155 Å². The quantitative estimate of drug-likeness (QED) is 0.819. The van der Waals surface area contributed by atoms with E-state index in [4.69, 9.17) is 0 Å². The third-order valence-electron chi connectivity index (χ3n) is 4.97. The molecule has 2 fully saturated rings. The third-order valence-corrected chi connectivity index (χ3v) is 4.97. The highest BCUT2D eigenvalue weighted by atomic mass is 19.4. The average molecular weight is 378 g/mol. The highest BCUT2D eigenvalue weighted by Crippen LogP contribution is 2.29. The van der Waals surface area contributed by atoms with Crippen LogP contribution in [0.2, 0.25) is 0 Å². The van der Waals surface area contributed by atoms with Gasteiger partial charge in [0.15, 0.2) is 0 Å². The van der Waals surface area contributed by atoms with Crippen molar-refractivity contribution in [2.24, 2.45) is 0 Å². The first-order valence-electron chi connectivity index (χ1n) is 9.13. The zero-order valence-electron chi connectivity index (χ0n) is 14.9. The van der Waals surface area contributed by atoms with E-state index in [1.807, 2.05) is 11.0 Å². The SMILES string of the molecule is FC(F)(F)c1cccc(N2CCN(c3nccc(N4CCCC4)n3)CC2)n1.